The lowest BCUT2D eigenvalue weighted by Crippen LogP contribution is -2.36. The molecule has 0 radical (unpaired) electrons. The zero-order valence-electron chi connectivity index (χ0n) is 8.16. The van der Waals surface area contributed by atoms with Gasteiger partial charge in [-0.05, 0) is 13.5 Å². The smallest absolute Gasteiger partial charge is 0.0521 e. The molecule has 13 heavy (non-hydrogen) atoms. The lowest BCUT2D eigenvalue weighted by Gasteiger charge is -2.21. The minimum absolute atomic E-state index is 0.280. The number of ether oxygens (including phenoxy) is 1. The largest absolute Gasteiger partial charge is 0.396 e. The Bertz CT molecular complexity index is 129. The second kappa shape index (κ2) is 6.65. The summed E-state index contributed by atoms with van der Waals surface area (Å²) in [5.74, 6) is 2.58. The van der Waals surface area contributed by atoms with Crippen LogP contribution in [0.4, 0.5) is 0 Å². The summed E-state index contributed by atoms with van der Waals surface area (Å²) in [6.45, 7) is 2.08. The molecular formula is C9H19NO2S. The molecule has 2 N–H and O–H groups in total. The monoisotopic (exact) mass is 205 g/mol. The predicted molar refractivity (Wildman–Crippen MR) is 56.2 cm³/mol. The van der Waals surface area contributed by atoms with Gasteiger partial charge in [-0.15, -0.1) is 0 Å². The highest BCUT2D eigenvalue weighted by atomic mass is 32.2. The van der Waals surface area contributed by atoms with Gasteiger partial charge in [-0.2, -0.15) is 11.8 Å². The highest BCUT2D eigenvalue weighted by Gasteiger charge is 2.23. The van der Waals surface area contributed by atoms with Gasteiger partial charge in [0.05, 0.1) is 13.2 Å². The second-order valence-electron chi connectivity index (χ2n) is 3.32. The molecule has 0 aliphatic carbocycles. The van der Waals surface area contributed by atoms with Crippen LogP contribution < -0.4 is 5.32 Å². The van der Waals surface area contributed by atoms with Crippen LogP contribution in [-0.4, -0.2) is 49.5 Å². The lowest BCUT2D eigenvalue weighted by molar-refractivity contribution is 0.179. The summed E-state index contributed by atoms with van der Waals surface area (Å²) in [6, 6.07) is 0.541. The Balaban J connectivity index is 2.16. The van der Waals surface area contributed by atoms with Crippen LogP contribution in [0.25, 0.3) is 0 Å². The Morgan fingerprint density at radius 2 is 2.54 bits per heavy atom. The lowest BCUT2D eigenvalue weighted by atomic mass is 10.0. The SMILES string of the molecule is CNC(CSCCO)C1CCOC1. The molecule has 2 unspecified atom stereocenters. The highest BCUT2D eigenvalue weighted by Crippen LogP contribution is 2.19. The minimum atomic E-state index is 0.280. The molecule has 1 rings (SSSR count). The van der Waals surface area contributed by atoms with Crippen molar-refractivity contribution in [1.29, 1.82) is 0 Å². The Labute approximate surface area is 84.2 Å². The summed E-state index contributed by atoms with van der Waals surface area (Å²) in [5, 5.41) is 12.0. The van der Waals surface area contributed by atoms with Crippen molar-refractivity contribution in [2.75, 3.05) is 38.4 Å². The topological polar surface area (TPSA) is 41.5 Å². The summed E-state index contributed by atoms with van der Waals surface area (Å²) < 4.78 is 5.35. The van der Waals surface area contributed by atoms with Gasteiger partial charge >= 0.3 is 0 Å². The molecular weight excluding hydrogens is 186 g/mol. The first-order valence-corrected chi connectivity index (χ1v) is 5.97. The second-order valence-corrected chi connectivity index (χ2v) is 4.47. The van der Waals surface area contributed by atoms with Crippen LogP contribution in [0.3, 0.4) is 0 Å². The molecule has 1 heterocycles. The van der Waals surface area contributed by atoms with Crippen molar-refractivity contribution in [2.24, 2.45) is 5.92 Å². The number of hydrogen-bond acceptors (Lipinski definition) is 4. The summed E-state index contributed by atoms with van der Waals surface area (Å²) in [6.07, 6.45) is 1.17. The molecule has 0 spiro atoms. The van der Waals surface area contributed by atoms with Gasteiger partial charge in [0.2, 0.25) is 0 Å². The fourth-order valence-corrected chi connectivity index (χ4v) is 2.59. The molecule has 78 valence electrons. The van der Waals surface area contributed by atoms with Crippen molar-refractivity contribution >= 4 is 11.8 Å². The molecule has 4 heteroatoms. The van der Waals surface area contributed by atoms with Gasteiger partial charge in [-0.1, -0.05) is 0 Å². The number of thioether (sulfide) groups is 1. The number of hydrogen-bond donors (Lipinski definition) is 2. The van der Waals surface area contributed by atoms with Gasteiger partial charge < -0.3 is 15.2 Å². The first kappa shape index (κ1) is 11.3. The summed E-state index contributed by atoms with van der Waals surface area (Å²) in [5.41, 5.74) is 0. The molecule has 0 amide bonds. The van der Waals surface area contributed by atoms with Crippen molar-refractivity contribution in [1.82, 2.24) is 5.32 Å². The number of aliphatic hydroxyl groups excluding tert-OH is 1. The predicted octanol–water partition coefficient (Wildman–Crippen LogP) is 0.336. The molecule has 1 aliphatic rings. The van der Waals surface area contributed by atoms with Gasteiger partial charge in [0.25, 0.3) is 0 Å². The van der Waals surface area contributed by atoms with Crippen LogP contribution in [0, 0.1) is 5.92 Å². The Kier molecular flexibility index (Phi) is 5.78. The van der Waals surface area contributed by atoms with E-state index in [0.29, 0.717) is 12.0 Å². The quantitative estimate of drug-likeness (QED) is 0.614. The van der Waals surface area contributed by atoms with Crippen LogP contribution in [-0.2, 0) is 4.74 Å². The van der Waals surface area contributed by atoms with Gasteiger partial charge in [0, 0.05) is 30.1 Å². The van der Waals surface area contributed by atoms with Crippen LogP contribution in [0.15, 0.2) is 0 Å². The first-order chi connectivity index (χ1) is 6.38. The van der Waals surface area contributed by atoms with Gasteiger partial charge in [0.15, 0.2) is 0 Å². The van der Waals surface area contributed by atoms with Crippen molar-refractivity contribution < 1.29 is 9.84 Å². The van der Waals surface area contributed by atoms with E-state index in [9.17, 15) is 0 Å². The van der Waals surface area contributed by atoms with E-state index in [1.165, 1.54) is 6.42 Å². The van der Waals surface area contributed by atoms with Crippen molar-refractivity contribution in [3.63, 3.8) is 0 Å². The number of rotatable bonds is 6. The fourth-order valence-electron chi connectivity index (χ4n) is 1.60. The maximum absolute atomic E-state index is 8.65. The molecule has 1 saturated heterocycles. The molecule has 2 atom stereocenters. The normalized spacial score (nSPS) is 24.9. The molecule has 0 bridgehead atoms. The third kappa shape index (κ3) is 3.85. The van der Waals surface area contributed by atoms with Crippen molar-refractivity contribution in [3.05, 3.63) is 0 Å². The maximum Gasteiger partial charge on any atom is 0.0521 e. The van der Waals surface area contributed by atoms with Crippen LogP contribution in [0.2, 0.25) is 0 Å². The van der Waals surface area contributed by atoms with Gasteiger partial charge in [-0.3, -0.25) is 0 Å². The minimum Gasteiger partial charge on any atom is -0.396 e. The van der Waals surface area contributed by atoms with Crippen LogP contribution >= 0.6 is 11.8 Å². The van der Waals surface area contributed by atoms with E-state index in [4.69, 9.17) is 9.84 Å². The average molecular weight is 205 g/mol. The molecule has 0 saturated carbocycles. The van der Waals surface area contributed by atoms with E-state index < -0.39 is 0 Å². The summed E-state index contributed by atoms with van der Waals surface area (Å²) in [7, 11) is 2.00. The third-order valence-corrected chi connectivity index (χ3v) is 3.50. The van der Waals surface area contributed by atoms with Crippen LogP contribution in [0.5, 0.6) is 0 Å². The first-order valence-electron chi connectivity index (χ1n) is 4.82. The van der Waals surface area contributed by atoms with Crippen LogP contribution in [0.1, 0.15) is 6.42 Å². The van der Waals surface area contributed by atoms with E-state index >= 15 is 0 Å². The molecule has 1 fully saturated rings. The van der Waals surface area contributed by atoms with Crippen molar-refractivity contribution in [3.8, 4) is 0 Å². The highest BCUT2D eigenvalue weighted by molar-refractivity contribution is 7.99. The average Bonchev–Trinajstić information content (AvgIpc) is 2.65. The van der Waals surface area contributed by atoms with E-state index in [2.05, 4.69) is 5.32 Å². The van der Waals surface area contributed by atoms with E-state index in [1.807, 2.05) is 7.05 Å². The number of nitrogens with one attached hydrogen (secondary N) is 1. The van der Waals surface area contributed by atoms with E-state index in [-0.39, 0.29) is 6.61 Å². The van der Waals surface area contributed by atoms with Crippen molar-refractivity contribution in [2.45, 2.75) is 12.5 Å². The Hall–Kier alpha value is 0.230. The van der Waals surface area contributed by atoms with E-state index in [0.717, 1.165) is 24.7 Å². The fraction of sp³-hybridized carbons (Fsp3) is 1.00. The van der Waals surface area contributed by atoms with E-state index in [1.54, 1.807) is 11.8 Å². The molecule has 1 aliphatic heterocycles. The Morgan fingerprint density at radius 1 is 1.69 bits per heavy atom. The maximum atomic E-state index is 8.65. The molecule has 0 aromatic rings. The van der Waals surface area contributed by atoms with Gasteiger partial charge in [0.1, 0.15) is 0 Å². The van der Waals surface area contributed by atoms with Gasteiger partial charge in [-0.25, -0.2) is 0 Å². The molecule has 0 aromatic heterocycles. The zero-order valence-corrected chi connectivity index (χ0v) is 8.98. The standard InChI is InChI=1S/C9H19NO2S/c1-10-9(7-13-5-3-11)8-2-4-12-6-8/h8-11H,2-7H2,1H3. The zero-order chi connectivity index (χ0) is 9.52. The Morgan fingerprint density at radius 3 is 3.08 bits per heavy atom. The number of aliphatic hydroxyl groups is 1. The molecule has 0 aromatic carbocycles. The summed E-state index contributed by atoms with van der Waals surface area (Å²) >= 11 is 1.80. The molecule has 3 nitrogen and oxygen atoms in total. The summed E-state index contributed by atoms with van der Waals surface area (Å²) in [4.78, 5) is 0. The third-order valence-electron chi connectivity index (χ3n) is 2.44.